The van der Waals surface area contributed by atoms with Crippen molar-refractivity contribution >= 4 is 52.2 Å². The first-order valence-electron chi connectivity index (χ1n) is 15.3. The van der Waals surface area contributed by atoms with E-state index >= 15 is 0 Å². The summed E-state index contributed by atoms with van der Waals surface area (Å²) in [5.74, 6) is -2.06. The minimum Gasteiger partial charge on any atom is -0.457 e. The summed E-state index contributed by atoms with van der Waals surface area (Å²) >= 11 is 0.985. The van der Waals surface area contributed by atoms with E-state index in [0.717, 1.165) is 11.3 Å². The van der Waals surface area contributed by atoms with Gasteiger partial charge in [0.1, 0.15) is 34.2 Å². The van der Waals surface area contributed by atoms with Gasteiger partial charge >= 0.3 is 18.2 Å². The van der Waals surface area contributed by atoms with E-state index in [1.54, 1.807) is 62.3 Å². The van der Waals surface area contributed by atoms with Crippen molar-refractivity contribution in [1.82, 2.24) is 35.9 Å². The maximum Gasteiger partial charge on any atom is 0.413 e. The van der Waals surface area contributed by atoms with E-state index in [0.29, 0.717) is 5.69 Å². The topological polar surface area (TPSA) is 226 Å². The number of hydrogen-bond donors (Lipinski definition) is 4. The number of alkyl carbamates (subject to hydrolysis) is 1. The summed E-state index contributed by atoms with van der Waals surface area (Å²) in [6.45, 7) is 18.4. The lowest BCUT2D eigenvalue weighted by Crippen LogP contribution is -2.70. The number of aromatic nitrogens is 4. The van der Waals surface area contributed by atoms with Gasteiger partial charge in [0, 0.05) is 5.38 Å². The van der Waals surface area contributed by atoms with Crippen LogP contribution in [0.15, 0.2) is 16.7 Å². The first-order valence-corrected chi connectivity index (χ1v) is 16.2. The highest BCUT2D eigenvalue weighted by atomic mass is 32.1. The summed E-state index contributed by atoms with van der Waals surface area (Å²) in [7, 11) is 0. The molecular weight excluding hydrogens is 662 g/mol. The molecule has 4 amide bonds. The van der Waals surface area contributed by atoms with E-state index in [1.807, 2.05) is 0 Å². The van der Waals surface area contributed by atoms with Gasteiger partial charge in [-0.25, -0.2) is 19.4 Å². The summed E-state index contributed by atoms with van der Waals surface area (Å²) in [4.78, 5) is 74.3. The number of carbonyl (C=O) groups is 5. The number of β-lactam (4-membered cyclic amide) rings is 1. The molecule has 19 heteroatoms. The van der Waals surface area contributed by atoms with Gasteiger partial charge in [0.05, 0.1) is 25.3 Å². The molecule has 3 heterocycles. The number of anilines is 1. The zero-order valence-electron chi connectivity index (χ0n) is 29.5. The summed E-state index contributed by atoms with van der Waals surface area (Å²) in [5, 5.41) is 24.4. The molecular formula is C30H45N9O9S. The Bertz CT molecular complexity index is 1580. The average Bonchev–Trinajstić information content (AvgIpc) is 3.57. The van der Waals surface area contributed by atoms with Gasteiger partial charge in [0.25, 0.3) is 5.91 Å². The highest BCUT2D eigenvalue weighted by Crippen LogP contribution is 2.21. The van der Waals surface area contributed by atoms with Crippen molar-refractivity contribution in [2.24, 2.45) is 5.16 Å². The Hall–Kier alpha value is -4.81. The maximum absolute atomic E-state index is 13.6. The van der Waals surface area contributed by atoms with Crippen LogP contribution in [0.1, 0.15) is 87.5 Å². The summed E-state index contributed by atoms with van der Waals surface area (Å²) in [6, 6.07) is -1.64. The van der Waals surface area contributed by atoms with Crippen molar-refractivity contribution in [2.75, 3.05) is 5.32 Å². The van der Waals surface area contributed by atoms with Crippen molar-refractivity contribution in [3.8, 4) is 0 Å². The number of hydrogen-bond acceptors (Lipinski definition) is 14. The molecule has 0 aromatic carbocycles. The SMILES string of the molecule is CC(C)(C)OC(=O)NCc1cnn(C[C@@H]2NC(=O)[C@H]2NC(=O)C(=NOC(C)(C)C(=O)OC(C)(C)C)c2csc(NC(=O)OC(C)(C)C)n2)n1. The Morgan fingerprint density at radius 1 is 0.939 bits per heavy atom. The van der Waals surface area contributed by atoms with Crippen molar-refractivity contribution in [2.45, 2.75) is 124 Å². The number of amides is 4. The third-order valence-electron chi connectivity index (χ3n) is 5.88. The largest absolute Gasteiger partial charge is 0.457 e. The summed E-state index contributed by atoms with van der Waals surface area (Å²) in [5.41, 5.74) is -3.81. The molecule has 0 saturated carbocycles. The molecule has 18 nitrogen and oxygen atoms in total. The molecule has 2 aromatic rings. The van der Waals surface area contributed by atoms with Gasteiger partial charge in [0.2, 0.25) is 11.5 Å². The average molecular weight is 708 g/mol. The molecule has 2 aromatic heterocycles. The first-order chi connectivity index (χ1) is 22.4. The van der Waals surface area contributed by atoms with Crippen LogP contribution in [-0.4, -0.2) is 90.1 Å². The van der Waals surface area contributed by atoms with Gasteiger partial charge < -0.3 is 35.0 Å². The molecule has 0 bridgehead atoms. The number of oxime groups is 1. The molecule has 270 valence electrons. The molecule has 1 saturated heterocycles. The van der Waals surface area contributed by atoms with Crippen molar-refractivity contribution in [3.63, 3.8) is 0 Å². The fraction of sp³-hybridized carbons (Fsp3) is 0.633. The van der Waals surface area contributed by atoms with Gasteiger partial charge in [-0.15, -0.1) is 11.3 Å². The highest BCUT2D eigenvalue weighted by Gasteiger charge is 2.42. The standard InChI is InChI=1S/C30H45N9O9S/c1-27(2,3)45-23(42)30(10,11)48-38-20(18-15-49-24(34-18)36-26(44)47-29(7,8)9)22(41)35-19-17(33-21(19)40)14-39-32-13-16(37-39)12-31-25(43)46-28(4,5)6/h13,15,17,19H,12,14H2,1-11H3,(H,31,43)(H,33,40)(H,35,41)(H,34,36,44)/t17-,19-/m0/s1. The number of thiazole rings is 1. The lowest BCUT2D eigenvalue weighted by Gasteiger charge is -2.36. The van der Waals surface area contributed by atoms with Crippen LogP contribution in [0.5, 0.6) is 0 Å². The number of rotatable bonds is 11. The highest BCUT2D eigenvalue weighted by molar-refractivity contribution is 7.14. The van der Waals surface area contributed by atoms with Crippen LogP contribution in [0, 0.1) is 0 Å². The molecule has 49 heavy (non-hydrogen) atoms. The van der Waals surface area contributed by atoms with Crippen LogP contribution < -0.4 is 21.3 Å². The molecule has 0 unspecified atom stereocenters. The van der Waals surface area contributed by atoms with Crippen LogP contribution >= 0.6 is 11.3 Å². The van der Waals surface area contributed by atoms with Crippen LogP contribution in [-0.2, 0) is 46.5 Å². The van der Waals surface area contributed by atoms with Crippen molar-refractivity contribution in [1.29, 1.82) is 0 Å². The zero-order chi connectivity index (χ0) is 36.9. The quantitative estimate of drug-likeness (QED) is 0.0869. The molecule has 1 fully saturated rings. The summed E-state index contributed by atoms with van der Waals surface area (Å²) < 4.78 is 15.9. The number of nitrogens with one attached hydrogen (secondary N) is 4. The molecule has 3 rings (SSSR count). The minimum atomic E-state index is -1.62. The van der Waals surface area contributed by atoms with E-state index in [-0.39, 0.29) is 29.6 Å². The molecule has 1 aliphatic heterocycles. The van der Waals surface area contributed by atoms with Crippen molar-refractivity contribution < 1.29 is 43.0 Å². The van der Waals surface area contributed by atoms with E-state index in [1.165, 1.54) is 30.2 Å². The van der Waals surface area contributed by atoms with E-state index in [9.17, 15) is 24.0 Å². The van der Waals surface area contributed by atoms with Gasteiger partial charge in [-0.05, 0) is 76.2 Å². The van der Waals surface area contributed by atoms with Crippen LogP contribution in [0.3, 0.4) is 0 Å². The van der Waals surface area contributed by atoms with E-state index in [2.05, 4.69) is 41.6 Å². The molecule has 4 N–H and O–H groups in total. The summed E-state index contributed by atoms with van der Waals surface area (Å²) in [6.07, 6.45) is 0.0778. The number of ether oxygens (including phenoxy) is 3. The van der Waals surface area contributed by atoms with Gasteiger partial charge in [-0.1, -0.05) is 5.16 Å². The lowest BCUT2D eigenvalue weighted by atomic mass is 9.98. The number of carbonyl (C=O) groups excluding carboxylic acids is 5. The molecule has 0 aliphatic carbocycles. The van der Waals surface area contributed by atoms with Gasteiger partial charge in [0.15, 0.2) is 10.8 Å². The van der Waals surface area contributed by atoms with Crippen molar-refractivity contribution in [3.05, 3.63) is 23.0 Å². The maximum atomic E-state index is 13.6. The van der Waals surface area contributed by atoms with Crippen LogP contribution in [0.2, 0.25) is 0 Å². The van der Waals surface area contributed by atoms with E-state index < -0.39 is 64.5 Å². The Kier molecular flexibility index (Phi) is 11.6. The third-order valence-corrected chi connectivity index (χ3v) is 6.64. The minimum absolute atomic E-state index is 0.0132. The predicted molar refractivity (Wildman–Crippen MR) is 176 cm³/mol. The fourth-order valence-electron chi connectivity index (χ4n) is 3.76. The van der Waals surface area contributed by atoms with Gasteiger partial charge in [-0.2, -0.15) is 15.0 Å². The second-order valence-corrected chi connectivity index (χ2v) is 15.4. The molecule has 1 aliphatic rings. The molecule has 2 atom stereocenters. The second-order valence-electron chi connectivity index (χ2n) is 14.5. The Morgan fingerprint density at radius 2 is 1.55 bits per heavy atom. The Labute approximate surface area is 288 Å². The monoisotopic (exact) mass is 707 g/mol. The number of esters is 1. The fourth-order valence-corrected chi connectivity index (χ4v) is 4.44. The normalized spacial score (nSPS) is 16.9. The second kappa shape index (κ2) is 14.8. The van der Waals surface area contributed by atoms with Crippen LogP contribution in [0.25, 0.3) is 0 Å². The first kappa shape index (κ1) is 38.6. The third kappa shape index (κ3) is 12.3. The Morgan fingerprint density at radius 3 is 2.14 bits per heavy atom. The number of nitrogens with zero attached hydrogens (tertiary/aromatic N) is 5. The smallest absolute Gasteiger partial charge is 0.413 e. The Balaban J connectivity index is 1.76. The van der Waals surface area contributed by atoms with Gasteiger partial charge in [-0.3, -0.25) is 14.9 Å². The predicted octanol–water partition coefficient (Wildman–Crippen LogP) is 2.63. The molecule has 0 spiro atoms. The molecule has 0 radical (unpaired) electrons. The zero-order valence-corrected chi connectivity index (χ0v) is 30.4. The van der Waals surface area contributed by atoms with E-state index in [4.69, 9.17) is 19.0 Å². The lowest BCUT2D eigenvalue weighted by molar-refractivity contribution is -0.179. The van der Waals surface area contributed by atoms with Crippen LogP contribution in [0.4, 0.5) is 14.7 Å².